The minimum atomic E-state index is -0.196. The van der Waals surface area contributed by atoms with Crippen molar-refractivity contribution in [2.75, 3.05) is 44.8 Å². The number of nitrogens with zero attached hydrogens (tertiary/aromatic N) is 3. The number of aromatic nitrogens is 2. The summed E-state index contributed by atoms with van der Waals surface area (Å²) < 4.78 is 19.6. The van der Waals surface area contributed by atoms with Gasteiger partial charge >= 0.3 is 0 Å². The van der Waals surface area contributed by atoms with Crippen LogP contribution < -0.4 is 25.7 Å². The van der Waals surface area contributed by atoms with E-state index < -0.39 is 0 Å². The van der Waals surface area contributed by atoms with Gasteiger partial charge in [-0.15, -0.1) is 0 Å². The number of ether oxygens (including phenoxy) is 3. The first kappa shape index (κ1) is 24.8. The number of fused-ring (bicyclic) bond motifs is 4. The number of pyridine rings is 2. The lowest BCUT2D eigenvalue weighted by Gasteiger charge is -2.21. The highest BCUT2D eigenvalue weighted by atomic mass is 16.5. The van der Waals surface area contributed by atoms with Crippen molar-refractivity contribution in [1.29, 1.82) is 0 Å². The molecule has 3 atom stereocenters. The number of benzene rings is 1. The lowest BCUT2D eigenvalue weighted by molar-refractivity contribution is -0.118. The molecule has 1 aromatic carbocycles. The molecule has 1 amide bonds. The van der Waals surface area contributed by atoms with E-state index in [-0.39, 0.29) is 30.2 Å². The molecule has 10 heteroatoms. The number of rotatable bonds is 3. The maximum absolute atomic E-state index is 12.8. The summed E-state index contributed by atoms with van der Waals surface area (Å²) in [7, 11) is 0. The van der Waals surface area contributed by atoms with E-state index in [4.69, 9.17) is 14.2 Å². The molecule has 38 heavy (non-hydrogen) atoms. The van der Waals surface area contributed by atoms with Crippen LogP contribution in [0.5, 0.6) is 11.5 Å². The topological polar surface area (TPSA) is 107 Å². The molecule has 2 N–H and O–H groups in total. The molecular formula is C28H33N5O5. The van der Waals surface area contributed by atoms with Gasteiger partial charge in [0.2, 0.25) is 0 Å². The second kappa shape index (κ2) is 11.1. The summed E-state index contributed by atoms with van der Waals surface area (Å²) in [5.74, 6) is 1.66. The van der Waals surface area contributed by atoms with Crippen LogP contribution in [-0.4, -0.2) is 72.0 Å². The van der Waals surface area contributed by atoms with E-state index in [2.05, 4.69) is 20.5 Å². The zero-order valence-electron chi connectivity index (χ0n) is 21.4. The lowest BCUT2D eigenvalue weighted by Crippen LogP contribution is -2.40. The number of anilines is 1. The predicted molar refractivity (Wildman–Crippen MR) is 143 cm³/mol. The van der Waals surface area contributed by atoms with E-state index in [9.17, 15) is 9.59 Å². The van der Waals surface area contributed by atoms with Gasteiger partial charge in [0.25, 0.3) is 11.5 Å². The van der Waals surface area contributed by atoms with Crippen molar-refractivity contribution in [2.45, 2.75) is 44.5 Å². The van der Waals surface area contributed by atoms with Crippen molar-refractivity contribution in [3.63, 3.8) is 0 Å². The minimum Gasteiger partial charge on any atom is -0.494 e. The summed E-state index contributed by atoms with van der Waals surface area (Å²) in [5, 5.41) is 7.42. The molecule has 1 fully saturated rings. The summed E-state index contributed by atoms with van der Waals surface area (Å²) in [5.41, 5.74) is 1.72. The average molecular weight is 520 g/mol. The van der Waals surface area contributed by atoms with Gasteiger partial charge in [-0.05, 0) is 55.0 Å². The van der Waals surface area contributed by atoms with E-state index >= 15 is 0 Å². The molecule has 3 aliphatic rings. The van der Waals surface area contributed by atoms with Crippen LogP contribution in [0.4, 0.5) is 5.82 Å². The summed E-state index contributed by atoms with van der Waals surface area (Å²) >= 11 is 0. The quantitative estimate of drug-likeness (QED) is 0.542. The predicted octanol–water partition coefficient (Wildman–Crippen LogP) is 2.15. The molecule has 200 valence electrons. The molecule has 10 nitrogen and oxygen atoms in total. The normalized spacial score (nSPS) is 23.9. The molecule has 1 unspecified atom stereocenters. The minimum absolute atomic E-state index is 0.00741. The van der Waals surface area contributed by atoms with E-state index in [1.807, 2.05) is 41.0 Å². The third kappa shape index (κ3) is 5.52. The first-order valence-corrected chi connectivity index (χ1v) is 13.4. The number of carbonyl (C=O) groups is 1. The highest BCUT2D eigenvalue weighted by Crippen LogP contribution is 2.26. The Bertz CT molecular complexity index is 1380. The van der Waals surface area contributed by atoms with Crippen molar-refractivity contribution in [3.05, 3.63) is 58.5 Å². The molecule has 0 spiro atoms. The smallest absolute Gasteiger partial charge is 0.263 e. The second-order valence-electron chi connectivity index (χ2n) is 10.1. The second-order valence-corrected chi connectivity index (χ2v) is 10.1. The Morgan fingerprint density at radius 1 is 0.974 bits per heavy atom. The van der Waals surface area contributed by atoms with E-state index in [1.54, 1.807) is 6.07 Å². The molecule has 2 aromatic heterocycles. The van der Waals surface area contributed by atoms with Crippen LogP contribution in [0, 0.1) is 0 Å². The van der Waals surface area contributed by atoms with E-state index in [0.717, 1.165) is 61.2 Å². The third-order valence-corrected chi connectivity index (χ3v) is 7.41. The van der Waals surface area contributed by atoms with Gasteiger partial charge in [0, 0.05) is 57.5 Å². The fourth-order valence-electron chi connectivity index (χ4n) is 5.37. The molecule has 3 aromatic rings. The third-order valence-electron chi connectivity index (χ3n) is 7.41. The van der Waals surface area contributed by atoms with Crippen molar-refractivity contribution < 1.29 is 19.0 Å². The first-order chi connectivity index (χ1) is 18.6. The maximum Gasteiger partial charge on any atom is 0.263 e. The van der Waals surface area contributed by atoms with Gasteiger partial charge in [-0.2, -0.15) is 0 Å². The molecule has 4 bridgehead atoms. The molecular weight excluding hydrogens is 486 g/mol. The van der Waals surface area contributed by atoms with Crippen LogP contribution in [0.15, 0.2) is 47.3 Å². The van der Waals surface area contributed by atoms with Gasteiger partial charge in [-0.3, -0.25) is 14.5 Å². The number of amides is 1. The summed E-state index contributed by atoms with van der Waals surface area (Å²) in [6.45, 7) is 4.84. The van der Waals surface area contributed by atoms with Gasteiger partial charge in [0.05, 0.1) is 23.9 Å². The first-order valence-electron chi connectivity index (χ1n) is 13.4. The largest absolute Gasteiger partial charge is 0.494 e. The molecule has 3 aliphatic heterocycles. The van der Waals surface area contributed by atoms with Crippen LogP contribution in [0.2, 0.25) is 0 Å². The van der Waals surface area contributed by atoms with Gasteiger partial charge < -0.3 is 29.4 Å². The molecule has 6 rings (SSSR count). The molecule has 5 heterocycles. The SMILES string of the molecule is O=C1COc2ccc(CN[C@@H]3CN4CCn5c(=O)ccc6ccc(cc65)OCCCCCO[C@H]3C4)nc2N1. The fourth-order valence-corrected chi connectivity index (χ4v) is 5.37. The maximum atomic E-state index is 12.8. The monoisotopic (exact) mass is 519 g/mol. The van der Waals surface area contributed by atoms with Crippen molar-refractivity contribution in [2.24, 2.45) is 0 Å². The van der Waals surface area contributed by atoms with Crippen molar-refractivity contribution in [1.82, 2.24) is 19.8 Å². The Balaban J connectivity index is 1.17. The van der Waals surface area contributed by atoms with Gasteiger partial charge in [-0.1, -0.05) is 0 Å². The summed E-state index contributed by atoms with van der Waals surface area (Å²) in [6, 6.07) is 13.4. The van der Waals surface area contributed by atoms with Gasteiger partial charge in [-0.25, -0.2) is 4.98 Å². The average Bonchev–Trinajstić information content (AvgIpc) is 3.31. The summed E-state index contributed by atoms with van der Waals surface area (Å²) in [6.07, 6.45) is 3.00. The zero-order chi connectivity index (χ0) is 25.9. The number of hydrogen-bond donors (Lipinski definition) is 2. The molecule has 0 aliphatic carbocycles. The van der Waals surface area contributed by atoms with Crippen LogP contribution in [0.3, 0.4) is 0 Å². The van der Waals surface area contributed by atoms with Crippen LogP contribution in [-0.2, 0) is 22.6 Å². The Morgan fingerprint density at radius 2 is 1.87 bits per heavy atom. The Kier molecular flexibility index (Phi) is 7.26. The highest BCUT2D eigenvalue weighted by Gasteiger charge is 2.33. The van der Waals surface area contributed by atoms with E-state index in [0.29, 0.717) is 37.9 Å². The number of nitrogens with one attached hydrogen (secondary N) is 2. The van der Waals surface area contributed by atoms with Crippen molar-refractivity contribution in [3.8, 4) is 11.5 Å². The standard InChI is InChI=1S/C28H33N5O5/c34-26-18-38-24-8-6-20(30-28(24)31-26)15-29-22-16-32-10-11-33-23-14-21(7-4-19(23)5-9-27(33)35)36-12-2-1-3-13-37-25(22)17-32/h4-9,14,22,25,29H,1-3,10-13,15-18H2,(H,30,31,34)/t22-,25+/m1/s1. The van der Waals surface area contributed by atoms with Gasteiger partial charge in [0.1, 0.15) is 5.75 Å². The fraction of sp³-hybridized carbons (Fsp3) is 0.464. The lowest BCUT2D eigenvalue weighted by atomic mass is 10.2. The highest BCUT2D eigenvalue weighted by molar-refractivity contribution is 5.94. The number of carbonyl (C=O) groups excluding carboxylic acids is 1. The van der Waals surface area contributed by atoms with Crippen LogP contribution >= 0.6 is 0 Å². The van der Waals surface area contributed by atoms with E-state index in [1.165, 1.54) is 0 Å². The Hall–Kier alpha value is -3.47. The van der Waals surface area contributed by atoms with Crippen molar-refractivity contribution >= 4 is 22.6 Å². The summed E-state index contributed by atoms with van der Waals surface area (Å²) in [4.78, 5) is 31.4. The Morgan fingerprint density at radius 3 is 2.82 bits per heavy atom. The molecule has 0 saturated carbocycles. The van der Waals surface area contributed by atoms with Crippen LogP contribution in [0.25, 0.3) is 10.9 Å². The van der Waals surface area contributed by atoms with Crippen LogP contribution in [0.1, 0.15) is 25.0 Å². The van der Waals surface area contributed by atoms with Gasteiger partial charge in [0.15, 0.2) is 18.2 Å². The molecule has 0 radical (unpaired) electrons. The number of hydrogen-bond acceptors (Lipinski definition) is 8. The zero-order valence-corrected chi connectivity index (χ0v) is 21.4. The Labute approximate surface area is 220 Å². The molecule has 1 saturated heterocycles.